The Hall–Kier alpha value is 0.881. The monoisotopic (exact) mass is 721 g/mol. The van der Waals surface area contributed by atoms with E-state index in [2.05, 4.69) is 83.7 Å². The van der Waals surface area contributed by atoms with Gasteiger partial charge in [-0.25, -0.2) is 8.43 Å². The Labute approximate surface area is 265 Å². The summed E-state index contributed by atoms with van der Waals surface area (Å²) < 4.78 is 45.7. The van der Waals surface area contributed by atoms with E-state index < -0.39 is 82.5 Å². The molecule has 0 saturated heterocycles. The van der Waals surface area contributed by atoms with Gasteiger partial charge in [0.05, 0.1) is 6.21 Å². The van der Waals surface area contributed by atoms with E-state index in [4.69, 9.17) is 35.5 Å². The fourth-order valence-corrected chi connectivity index (χ4v) is 14.7. The summed E-state index contributed by atoms with van der Waals surface area (Å²) in [4.78, 5) is 19.2. The summed E-state index contributed by atoms with van der Waals surface area (Å²) >= 11 is 0. The third-order valence-corrected chi connectivity index (χ3v) is 15.1. The molecule has 0 unspecified atom stereocenters. The van der Waals surface area contributed by atoms with Crippen LogP contribution in [0.5, 0.6) is 0 Å². The largest absolute Gasteiger partial charge is 0.607 e. The van der Waals surface area contributed by atoms with Crippen molar-refractivity contribution in [3.8, 4) is 0 Å². The van der Waals surface area contributed by atoms with Gasteiger partial charge in [-0.05, 0) is 118 Å². The highest BCUT2D eigenvalue weighted by Gasteiger charge is 2.48. The highest BCUT2D eigenvalue weighted by atomic mass is 31.2. The van der Waals surface area contributed by atoms with Crippen LogP contribution in [-0.4, -0.2) is 94.3 Å². The summed E-state index contributed by atoms with van der Waals surface area (Å²) in [5.74, 6) is 0. The Balaban J connectivity index is 7.11. The average Bonchev–Trinajstić information content (AvgIpc) is 2.65. The lowest BCUT2D eigenvalue weighted by Gasteiger charge is -2.44. The van der Waals surface area contributed by atoms with Gasteiger partial charge >= 0.3 is 8.17 Å². The zero-order valence-electron chi connectivity index (χ0n) is 30.2. The van der Waals surface area contributed by atoms with Crippen molar-refractivity contribution >= 4 is 64.3 Å². The smallest absolute Gasteiger partial charge is 0.356 e. The Morgan fingerprint density at radius 1 is 0.571 bits per heavy atom. The Kier molecular flexibility index (Phi) is 16.5. The molecular weight excluding hydrogens is 658 g/mol. The molecule has 17 heteroatoms. The van der Waals surface area contributed by atoms with Crippen LogP contribution in [0.3, 0.4) is 0 Å². The van der Waals surface area contributed by atoms with Crippen molar-refractivity contribution < 1.29 is 40.4 Å². The molecule has 0 fully saturated rings. The molecule has 0 heterocycles. The van der Waals surface area contributed by atoms with Gasteiger partial charge in [-0.3, -0.25) is 0 Å². The molecule has 0 rings (SSSR count). The van der Waals surface area contributed by atoms with Crippen LogP contribution in [0.4, 0.5) is 0 Å². The van der Waals surface area contributed by atoms with Crippen molar-refractivity contribution in [1.29, 1.82) is 0 Å². The SMILES string of the molecule is CO/N=C\[C@@H](O[Si](C)(C)C)[C@@H](O[Si](C)(C)C)[C@H](O[Si](C)(C)C)[C@@H](CO[P+]([O-])(O[Si](C)(C)C)O[Si](C)(C)C)O[Si](C)(C)C. The second-order valence-electron chi connectivity index (χ2n) is 16.4. The van der Waals surface area contributed by atoms with Crippen molar-refractivity contribution in [1.82, 2.24) is 0 Å². The first-order chi connectivity index (χ1) is 18.3. The predicted molar refractivity (Wildman–Crippen MR) is 190 cm³/mol. The van der Waals surface area contributed by atoms with Crippen molar-refractivity contribution in [2.24, 2.45) is 5.16 Å². The van der Waals surface area contributed by atoms with E-state index in [0.717, 1.165) is 0 Å². The van der Waals surface area contributed by atoms with Crippen molar-refractivity contribution in [2.45, 2.75) is 142 Å². The number of rotatable bonds is 20. The van der Waals surface area contributed by atoms with Crippen molar-refractivity contribution in [3.05, 3.63) is 0 Å². The molecule has 0 amide bonds. The van der Waals surface area contributed by atoms with E-state index in [0.29, 0.717) is 0 Å². The molecule has 0 N–H and O–H groups in total. The molecule has 252 valence electrons. The molecule has 0 aromatic carbocycles. The van der Waals surface area contributed by atoms with Crippen LogP contribution in [-0.2, 0) is 35.5 Å². The fourth-order valence-electron chi connectivity index (χ4n) is 3.76. The minimum absolute atomic E-state index is 0.0572. The van der Waals surface area contributed by atoms with Crippen LogP contribution >= 0.6 is 8.17 Å². The Bertz CT molecular complexity index is 815. The third-order valence-electron chi connectivity index (χ3n) is 4.47. The molecule has 0 aromatic heterocycles. The molecule has 0 aromatic rings. The summed E-state index contributed by atoms with van der Waals surface area (Å²) in [6.45, 7) is 37.2. The van der Waals surface area contributed by atoms with E-state index in [1.54, 1.807) is 6.21 Å². The number of oxime groups is 1. The van der Waals surface area contributed by atoms with Gasteiger partial charge in [0.2, 0.25) is 16.6 Å². The Morgan fingerprint density at radius 3 is 1.29 bits per heavy atom. The molecule has 0 saturated carbocycles. The zero-order valence-corrected chi connectivity index (χ0v) is 37.1. The minimum Gasteiger partial charge on any atom is -0.607 e. The summed E-state index contributed by atoms with van der Waals surface area (Å²) in [6.07, 6.45) is -0.761. The van der Waals surface area contributed by atoms with Gasteiger partial charge < -0.3 is 27.4 Å². The number of hydrogen-bond donors (Lipinski definition) is 0. The van der Waals surface area contributed by atoms with Crippen LogP contribution in [0.1, 0.15) is 0 Å². The van der Waals surface area contributed by atoms with Crippen molar-refractivity contribution in [2.75, 3.05) is 13.7 Å². The van der Waals surface area contributed by atoms with Gasteiger partial charge in [0, 0.05) is 0 Å². The quantitative estimate of drug-likeness (QED) is 0.0556. The molecule has 0 spiro atoms. The highest BCUT2D eigenvalue weighted by molar-refractivity contribution is 7.57. The maximum atomic E-state index is 14.1. The number of nitrogens with zero attached hydrogens (tertiary/aromatic N) is 1. The summed E-state index contributed by atoms with van der Waals surface area (Å²) in [7, 11) is -15.7. The standard InChI is InChI=1S/C25H64NO9PSi6/c1-28-26-20-22(30-37(2,3)4)24(32-39(8,9)10)25(33-40(11,12)13)23(31-38(5,6)7)21-29-36(27,34-41(14,15)16)35-42(17,18)19/h20,22-25H,21H2,1-19H3/b26-20-/t22-,23-,24-,25-/m1/s1. The lowest BCUT2D eigenvalue weighted by Crippen LogP contribution is -2.59. The van der Waals surface area contributed by atoms with E-state index in [-0.39, 0.29) is 6.61 Å². The van der Waals surface area contributed by atoms with Gasteiger partial charge in [0.1, 0.15) is 38.1 Å². The van der Waals surface area contributed by atoms with Gasteiger partial charge in [0.15, 0.2) is 33.3 Å². The van der Waals surface area contributed by atoms with E-state index >= 15 is 0 Å². The second kappa shape index (κ2) is 16.1. The first-order valence-electron chi connectivity index (χ1n) is 14.8. The second-order valence-corrected chi connectivity index (χ2v) is 45.3. The maximum absolute atomic E-state index is 14.1. The fraction of sp³-hybridized carbons (Fsp3) is 0.960. The molecule has 10 nitrogen and oxygen atoms in total. The highest BCUT2D eigenvalue weighted by Crippen LogP contribution is 2.58. The lowest BCUT2D eigenvalue weighted by atomic mass is 10.0. The van der Waals surface area contributed by atoms with Crippen LogP contribution in [0.15, 0.2) is 5.16 Å². The third kappa shape index (κ3) is 21.6. The van der Waals surface area contributed by atoms with Crippen LogP contribution in [0.25, 0.3) is 0 Å². The normalized spacial score (nSPS) is 17.8. The van der Waals surface area contributed by atoms with E-state index in [1.807, 2.05) is 39.3 Å². The van der Waals surface area contributed by atoms with Gasteiger partial charge in [-0.2, -0.15) is 4.52 Å². The summed E-state index contributed by atoms with van der Waals surface area (Å²) in [6, 6.07) is 0. The summed E-state index contributed by atoms with van der Waals surface area (Å²) in [5, 5.41) is 4.11. The zero-order chi connectivity index (χ0) is 33.6. The van der Waals surface area contributed by atoms with E-state index in [1.165, 1.54) is 7.11 Å². The minimum atomic E-state index is -3.91. The molecule has 0 aliphatic heterocycles. The Morgan fingerprint density at radius 2 is 0.952 bits per heavy atom. The molecule has 0 aliphatic rings. The first-order valence-corrected chi connectivity index (χ1v) is 36.7. The van der Waals surface area contributed by atoms with E-state index in [9.17, 15) is 4.89 Å². The topological polar surface area (TPSA) is 109 Å². The average molecular weight is 722 g/mol. The maximum Gasteiger partial charge on any atom is 0.356 e. The predicted octanol–water partition coefficient (Wildman–Crippen LogP) is 7.26. The first kappa shape index (κ1) is 42.9. The van der Waals surface area contributed by atoms with Crippen LogP contribution < -0.4 is 4.89 Å². The summed E-state index contributed by atoms with van der Waals surface area (Å²) in [5.41, 5.74) is 0. The molecular formula is C25H64NO9PSi6. The van der Waals surface area contributed by atoms with Crippen molar-refractivity contribution in [3.63, 3.8) is 0 Å². The molecule has 0 bridgehead atoms. The lowest BCUT2D eigenvalue weighted by molar-refractivity contribution is -0.235. The van der Waals surface area contributed by atoms with Crippen LogP contribution in [0, 0.1) is 0 Å². The van der Waals surface area contributed by atoms with Gasteiger partial charge in [-0.15, -0.1) is 0 Å². The van der Waals surface area contributed by atoms with Crippen LogP contribution in [0.2, 0.25) is 118 Å². The number of hydrogen-bond acceptors (Lipinski definition) is 10. The molecule has 4 atom stereocenters. The van der Waals surface area contributed by atoms with Gasteiger partial charge in [-0.1, -0.05) is 5.16 Å². The van der Waals surface area contributed by atoms with Gasteiger partial charge in [0.25, 0.3) is 0 Å². The molecule has 0 radical (unpaired) electrons. The number of phosphoric acid groups is 1. The molecule has 0 aliphatic carbocycles. The molecule has 42 heavy (non-hydrogen) atoms.